The molecule has 0 spiro atoms. The molecule has 1 aromatic heterocycles. The monoisotopic (exact) mass is 270 g/mol. The number of hydrogen-bond donors (Lipinski definition) is 0. The highest BCUT2D eigenvalue weighted by atomic mass is 19.1. The standard InChI is InChI=1S/C16H12F2N2/c17-13-6-7-15(18)14(8-13)16-10-20(11-19-16)9-12-4-2-1-3-5-12/h1-8,10-11H,9H2. The molecule has 2 aromatic carbocycles. The molecule has 4 heteroatoms. The normalized spacial score (nSPS) is 10.7. The van der Waals surface area contributed by atoms with E-state index in [1.165, 1.54) is 0 Å². The molecule has 1 heterocycles. The van der Waals surface area contributed by atoms with Gasteiger partial charge in [-0.05, 0) is 23.8 Å². The summed E-state index contributed by atoms with van der Waals surface area (Å²) in [4.78, 5) is 4.14. The molecule has 0 amide bonds. The van der Waals surface area contributed by atoms with Crippen molar-refractivity contribution in [3.63, 3.8) is 0 Å². The number of nitrogens with zero attached hydrogens (tertiary/aromatic N) is 2. The lowest BCUT2D eigenvalue weighted by Gasteiger charge is -2.02. The van der Waals surface area contributed by atoms with Gasteiger partial charge in [0, 0.05) is 18.3 Å². The third-order valence-electron chi connectivity index (χ3n) is 3.05. The van der Waals surface area contributed by atoms with Crippen LogP contribution in [0.25, 0.3) is 11.3 Å². The second-order valence-electron chi connectivity index (χ2n) is 4.54. The minimum absolute atomic E-state index is 0.178. The number of aromatic nitrogens is 2. The minimum atomic E-state index is -0.476. The molecule has 0 aliphatic heterocycles. The Hall–Kier alpha value is -2.49. The molecule has 20 heavy (non-hydrogen) atoms. The SMILES string of the molecule is Fc1ccc(F)c(-c2cn(Cc3ccccc3)cn2)c1. The molecule has 0 N–H and O–H groups in total. The first-order valence-corrected chi connectivity index (χ1v) is 6.23. The van der Waals surface area contributed by atoms with Crippen LogP contribution in [0.5, 0.6) is 0 Å². The highest BCUT2D eigenvalue weighted by Gasteiger charge is 2.09. The molecule has 0 saturated heterocycles. The van der Waals surface area contributed by atoms with E-state index in [1.807, 2.05) is 34.9 Å². The van der Waals surface area contributed by atoms with Crippen molar-refractivity contribution in [2.24, 2.45) is 0 Å². The fourth-order valence-electron chi connectivity index (χ4n) is 2.07. The molecular formula is C16H12F2N2. The Morgan fingerprint density at radius 3 is 2.60 bits per heavy atom. The van der Waals surface area contributed by atoms with Gasteiger partial charge in [-0.15, -0.1) is 0 Å². The van der Waals surface area contributed by atoms with Crippen molar-refractivity contribution in [1.29, 1.82) is 0 Å². The van der Waals surface area contributed by atoms with Crippen molar-refractivity contribution >= 4 is 0 Å². The van der Waals surface area contributed by atoms with Gasteiger partial charge in [0.1, 0.15) is 11.6 Å². The molecule has 0 fully saturated rings. The van der Waals surface area contributed by atoms with Crippen molar-refractivity contribution in [3.05, 3.63) is 78.3 Å². The fourth-order valence-corrected chi connectivity index (χ4v) is 2.07. The summed E-state index contributed by atoms with van der Waals surface area (Å²) < 4.78 is 28.7. The third kappa shape index (κ3) is 2.59. The second kappa shape index (κ2) is 5.25. The zero-order chi connectivity index (χ0) is 13.9. The largest absolute Gasteiger partial charge is 0.332 e. The summed E-state index contributed by atoms with van der Waals surface area (Å²) in [5, 5.41) is 0. The summed E-state index contributed by atoms with van der Waals surface area (Å²) in [6.07, 6.45) is 3.33. The zero-order valence-corrected chi connectivity index (χ0v) is 10.6. The molecule has 100 valence electrons. The van der Waals surface area contributed by atoms with Crippen LogP contribution in [0.3, 0.4) is 0 Å². The molecule has 0 aliphatic rings. The summed E-state index contributed by atoms with van der Waals surface area (Å²) in [6.45, 7) is 0.644. The van der Waals surface area contributed by atoms with E-state index in [9.17, 15) is 8.78 Å². The zero-order valence-electron chi connectivity index (χ0n) is 10.6. The van der Waals surface area contributed by atoms with E-state index >= 15 is 0 Å². The Labute approximate surface area is 115 Å². The van der Waals surface area contributed by atoms with Crippen LogP contribution in [0.4, 0.5) is 8.78 Å². The lowest BCUT2D eigenvalue weighted by atomic mass is 10.1. The average molecular weight is 270 g/mol. The van der Waals surface area contributed by atoms with Crippen LogP contribution >= 0.6 is 0 Å². The maximum Gasteiger partial charge on any atom is 0.132 e. The fraction of sp³-hybridized carbons (Fsp3) is 0.0625. The van der Waals surface area contributed by atoms with Gasteiger partial charge >= 0.3 is 0 Å². The van der Waals surface area contributed by atoms with Crippen molar-refractivity contribution in [3.8, 4) is 11.3 Å². The van der Waals surface area contributed by atoms with Crippen LogP contribution in [0.15, 0.2) is 61.1 Å². The maximum atomic E-state index is 13.7. The van der Waals surface area contributed by atoms with E-state index in [1.54, 1.807) is 12.5 Å². The van der Waals surface area contributed by atoms with Gasteiger partial charge in [0.2, 0.25) is 0 Å². The molecule has 0 saturated carbocycles. The van der Waals surface area contributed by atoms with Crippen molar-refractivity contribution in [2.75, 3.05) is 0 Å². The summed E-state index contributed by atoms with van der Waals surface area (Å²) in [5.74, 6) is -0.949. The second-order valence-corrected chi connectivity index (χ2v) is 4.54. The predicted molar refractivity (Wildman–Crippen MR) is 73.1 cm³/mol. The Kier molecular flexibility index (Phi) is 3.29. The minimum Gasteiger partial charge on any atom is -0.332 e. The van der Waals surface area contributed by atoms with Gasteiger partial charge in [0.05, 0.1) is 12.0 Å². The third-order valence-corrected chi connectivity index (χ3v) is 3.05. The van der Waals surface area contributed by atoms with E-state index in [4.69, 9.17) is 0 Å². The number of imidazole rings is 1. The molecule has 0 aliphatic carbocycles. The van der Waals surface area contributed by atoms with Gasteiger partial charge in [-0.1, -0.05) is 30.3 Å². The summed E-state index contributed by atoms with van der Waals surface area (Å²) in [6, 6.07) is 13.2. The van der Waals surface area contributed by atoms with E-state index in [0.29, 0.717) is 12.2 Å². The Morgan fingerprint density at radius 2 is 1.80 bits per heavy atom. The molecule has 0 radical (unpaired) electrons. The van der Waals surface area contributed by atoms with Gasteiger partial charge in [0.15, 0.2) is 0 Å². The number of rotatable bonds is 3. The molecular weight excluding hydrogens is 258 g/mol. The first-order valence-electron chi connectivity index (χ1n) is 6.23. The summed E-state index contributed by atoms with van der Waals surface area (Å²) in [7, 11) is 0. The lowest BCUT2D eigenvalue weighted by Crippen LogP contribution is -1.95. The highest BCUT2D eigenvalue weighted by Crippen LogP contribution is 2.22. The van der Waals surface area contributed by atoms with E-state index in [-0.39, 0.29) is 5.56 Å². The van der Waals surface area contributed by atoms with Crippen LogP contribution in [0.2, 0.25) is 0 Å². The molecule has 3 aromatic rings. The van der Waals surface area contributed by atoms with Crippen molar-refractivity contribution < 1.29 is 8.78 Å². The van der Waals surface area contributed by atoms with E-state index in [2.05, 4.69) is 4.98 Å². The average Bonchev–Trinajstić information content (AvgIpc) is 2.91. The number of halogens is 2. The maximum absolute atomic E-state index is 13.7. The van der Waals surface area contributed by atoms with Crippen LogP contribution in [0.1, 0.15) is 5.56 Å². The van der Waals surface area contributed by atoms with Crippen molar-refractivity contribution in [1.82, 2.24) is 9.55 Å². The predicted octanol–water partition coefficient (Wildman–Crippen LogP) is 3.88. The van der Waals surface area contributed by atoms with Gasteiger partial charge in [-0.2, -0.15) is 0 Å². The van der Waals surface area contributed by atoms with E-state index in [0.717, 1.165) is 23.8 Å². The number of benzene rings is 2. The topological polar surface area (TPSA) is 17.8 Å². The molecule has 0 bridgehead atoms. The summed E-state index contributed by atoms with van der Waals surface area (Å²) in [5.41, 5.74) is 1.73. The van der Waals surface area contributed by atoms with Gasteiger partial charge < -0.3 is 4.57 Å². The van der Waals surface area contributed by atoms with Crippen LogP contribution < -0.4 is 0 Å². The van der Waals surface area contributed by atoms with Gasteiger partial charge in [-0.25, -0.2) is 13.8 Å². The smallest absolute Gasteiger partial charge is 0.132 e. The lowest BCUT2D eigenvalue weighted by molar-refractivity contribution is 0.602. The van der Waals surface area contributed by atoms with Crippen molar-refractivity contribution in [2.45, 2.75) is 6.54 Å². The first-order chi connectivity index (χ1) is 9.72. The highest BCUT2D eigenvalue weighted by molar-refractivity contribution is 5.59. The quantitative estimate of drug-likeness (QED) is 0.706. The Balaban J connectivity index is 1.88. The van der Waals surface area contributed by atoms with Gasteiger partial charge in [0.25, 0.3) is 0 Å². The van der Waals surface area contributed by atoms with Crippen LogP contribution in [-0.2, 0) is 6.54 Å². The van der Waals surface area contributed by atoms with Gasteiger partial charge in [-0.3, -0.25) is 0 Å². The van der Waals surface area contributed by atoms with Crippen LogP contribution in [0, 0.1) is 11.6 Å². The first kappa shape index (κ1) is 12.5. The Bertz CT molecular complexity index is 720. The molecule has 2 nitrogen and oxygen atoms in total. The Morgan fingerprint density at radius 1 is 1.00 bits per heavy atom. The molecule has 0 atom stereocenters. The van der Waals surface area contributed by atoms with Crippen LogP contribution in [-0.4, -0.2) is 9.55 Å². The molecule has 3 rings (SSSR count). The number of hydrogen-bond acceptors (Lipinski definition) is 1. The van der Waals surface area contributed by atoms with E-state index < -0.39 is 11.6 Å². The molecule has 0 unspecified atom stereocenters. The summed E-state index contributed by atoms with van der Waals surface area (Å²) >= 11 is 0.